The summed E-state index contributed by atoms with van der Waals surface area (Å²) in [6, 6.07) is 0. The maximum Gasteiger partial charge on any atom is 0.318 e. The molecule has 0 bridgehead atoms. The summed E-state index contributed by atoms with van der Waals surface area (Å²) in [7, 11) is 4.03. The molecule has 0 aliphatic heterocycles. The molecule has 86 valence electrons. The van der Waals surface area contributed by atoms with Gasteiger partial charge in [0.2, 0.25) is 0 Å². The first-order chi connectivity index (χ1) is 6.99. The van der Waals surface area contributed by atoms with Crippen LogP contribution in [0.25, 0.3) is 0 Å². The summed E-state index contributed by atoms with van der Waals surface area (Å²) in [5.41, 5.74) is 0. The first kappa shape index (κ1) is 13.6. The minimum absolute atomic E-state index is 0.303. The van der Waals surface area contributed by atoms with Crippen LogP contribution >= 0.6 is 0 Å². The molecule has 0 rings (SSSR count). The molecule has 0 spiro atoms. The van der Waals surface area contributed by atoms with Gasteiger partial charge in [-0.25, -0.2) is 5.06 Å². The lowest BCUT2D eigenvalue weighted by Gasteiger charge is -2.22. The highest BCUT2D eigenvalue weighted by Gasteiger charge is 2.34. The molecule has 0 saturated carbocycles. The average Bonchev–Trinajstić information content (AvgIpc) is 2.27. The van der Waals surface area contributed by atoms with Gasteiger partial charge in [-0.3, -0.25) is 14.4 Å². The average molecular weight is 215 g/mol. The van der Waals surface area contributed by atoms with Gasteiger partial charge in [0.15, 0.2) is 0 Å². The monoisotopic (exact) mass is 215 g/mol. The summed E-state index contributed by atoms with van der Waals surface area (Å²) >= 11 is 0. The van der Waals surface area contributed by atoms with Gasteiger partial charge in [-0.15, -0.1) is 6.58 Å². The Morgan fingerprint density at radius 2 is 1.93 bits per heavy atom. The zero-order valence-electron chi connectivity index (χ0n) is 9.52. The molecule has 0 heterocycles. The van der Waals surface area contributed by atoms with Gasteiger partial charge in [-0.2, -0.15) is 0 Å². The molecule has 0 fully saturated rings. The van der Waals surface area contributed by atoms with Crippen LogP contribution in [0.15, 0.2) is 12.7 Å². The van der Waals surface area contributed by atoms with Gasteiger partial charge in [0.1, 0.15) is 5.92 Å². The van der Waals surface area contributed by atoms with Crippen LogP contribution < -0.4 is 0 Å². The van der Waals surface area contributed by atoms with E-state index in [1.807, 2.05) is 0 Å². The van der Waals surface area contributed by atoms with E-state index >= 15 is 0 Å². The Labute approximate surface area is 89.6 Å². The summed E-state index contributed by atoms with van der Waals surface area (Å²) in [6.45, 7) is 5.26. The second-order valence-corrected chi connectivity index (χ2v) is 3.11. The molecular weight excluding hydrogens is 198 g/mol. The number of hydrogen-bond donors (Lipinski definition) is 0. The number of amides is 1. The summed E-state index contributed by atoms with van der Waals surface area (Å²) in [4.78, 5) is 27.9. The fraction of sp³-hybridized carbons (Fsp3) is 0.600. The van der Waals surface area contributed by atoms with Crippen molar-refractivity contribution in [1.82, 2.24) is 5.06 Å². The second-order valence-electron chi connectivity index (χ2n) is 3.11. The highest BCUT2D eigenvalue weighted by molar-refractivity contribution is 5.97. The van der Waals surface area contributed by atoms with E-state index in [4.69, 9.17) is 4.84 Å². The maximum atomic E-state index is 11.7. The first-order valence-corrected chi connectivity index (χ1v) is 4.51. The van der Waals surface area contributed by atoms with Gasteiger partial charge >= 0.3 is 5.97 Å². The molecule has 0 aromatic carbocycles. The van der Waals surface area contributed by atoms with Crippen LogP contribution in [0.5, 0.6) is 0 Å². The largest absolute Gasteiger partial charge is 0.468 e. The van der Waals surface area contributed by atoms with Gasteiger partial charge in [0.25, 0.3) is 5.91 Å². The van der Waals surface area contributed by atoms with Crippen molar-refractivity contribution in [1.29, 1.82) is 0 Å². The van der Waals surface area contributed by atoms with Crippen LogP contribution in [0.4, 0.5) is 0 Å². The minimum Gasteiger partial charge on any atom is -0.468 e. The molecule has 5 heteroatoms. The lowest BCUT2D eigenvalue weighted by molar-refractivity contribution is -0.179. The topological polar surface area (TPSA) is 55.8 Å². The van der Waals surface area contributed by atoms with E-state index in [-0.39, 0.29) is 5.92 Å². The standard InChI is InChI=1S/C10H17NO4/c1-6-7(2)8(10(13)14-4)9(12)11(3)15-5/h6-8H,1H2,2-5H3/t7-,8?/m1/s1. The number of methoxy groups -OCH3 is 1. The van der Waals surface area contributed by atoms with Gasteiger partial charge < -0.3 is 4.74 Å². The van der Waals surface area contributed by atoms with Crippen LogP contribution in [0.2, 0.25) is 0 Å². The summed E-state index contributed by atoms with van der Waals surface area (Å²) < 4.78 is 4.56. The smallest absolute Gasteiger partial charge is 0.318 e. The Hall–Kier alpha value is -1.36. The molecule has 0 aromatic rings. The molecule has 0 N–H and O–H groups in total. The highest BCUT2D eigenvalue weighted by atomic mass is 16.7. The van der Waals surface area contributed by atoms with Gasteiger partial charge in [-0.05, 0) is 5.92 Å². The SMILES string of the molecule is C=C[C@@H](C)C(C(=O)OC)C(=O)N(C)OC. The number of carbonyl (C=O) groups is 2. The van der Waals surface area contributed by atoms with Gasteiger partial charge in [-0.1, -0.05) is 13.0 Å². The van der Waals surface area contributed by atoms with Crippen LogP contribution in [-0.2, 0) is 19.2 Å². The number of hydroxylamine groups is 2. The Bertz CT molecular complexity index is 252. The number of allylic oxidation sites excluding steroid dienone is 1. The summed E-state index contributed by atoms with van der Waals surface area (Å²) in [6.07, 6.45) is 1.53. The molecule has 0 saturated heterocycles. The molecule has 5 nitrogen and oxygen atoms in total. The number of esters is 1. The molecular formula is C10H17NO4. The van der Waals surface area contributed by atoms with Gasteiger partial charge in [0.05, 0.1) is 14.2 Å². The van der Waals surface area contributed by atoms with Crippen molar-refractivity contribution in [2.24, 2.45) is 11.8 Å². The molecule has 15 heavy (non-hydrogen) atoms. The highest BCUT2D eigenvalue weighted by Crippen LogP contribution is 2.17. The predicted molar refractivity (Wildman–Crippen MR) is 54.6 cm³/mol. The second kappa shape index (κ2) is 6.19. The van der Waals surface area contributed by atoms with Crippen molar-refractivity contribution in [3.05, 3.63) is 12.7 Å². The number of ether oxygens (including phenoxy) is 1. The third-order valence-corrected chi connectivity index (χ3v) is 2.20. The molecule has 1 amide bonds. The van der Waals surface area contributed by atoms with E-state index in [1.54, 1.807) is 6.92 Å². The number of hydrogen-bond acceptors (Lipinski definition) is 4. The minimum atomic E-state index is -0.905. The Kier molecular flexibility index (Phi) is 5.62. The summed E-state index contributed by atoms with van der Waals surface area (Å²) in [5, 5.41) is 1.00. The molecule has 0 aromatic heterocycles. The number of carbonyl (C=O) groups excluding carboxylic acids is 2. The maximum absolute atomic E-state index is 11.7. The number of rotatable bonds is 5. The Morgan fingerprint density at radius 3 is 2.27 bits per heavy atom. The van der Waals surface area contributed by atoms with Crippen LogP contribution in [-0.4, -0.2) is 38.2 Å². The van der Waals surface area contributed by atoms with Crippen molar-refractivity contribution >= 4 is 11.9 Å². The van der Waals surface area contributed by atoms with Crippen LogP contribution in [0, 0.1) is 11.8 Å². The third kappa shape index (κ3) is 3.36. The van der Waals surface area contributed by atoms with Crippen molar-refractivity contribution < 1.29 is 19.2 Å². The molecule has 0 radical (unpaired) electrons. The van der Waals surface area contributed by atoms with E-state index in [2.05, 4.69) is 11.3 Å². The fourth-order valence-corrected chi connectivity index (χ4v) is 1.09. The Balaban J connectivity index is 4.85. The molecule has 2 atom stereocenters. The quantitative estimate of drug-likeness (QED) is 0.292. The van der Waals surface area contributed by atoms with Gasteiger partial charge in [0, 0.05) is 7.05 Å². The molecule has 0 aliphatic rings. The Morgan fingerprint density at radius 1 is 1.40 bits per heavy atom. The van der Waals surface area contributed by atoms with Crippen LogP contribution in [0.1, 0.15) is 6.92 Å². The van der Waals surface area contributed by atoms with E-state index in [0.29, 0.717) is 0 Å². The van der Waals surface area contributed by atoms with E-state index in [0.717, 1.165) is 5.06 Å². The van der Waals surface area contributed by atoms with Crippen molar-refractivity contribution in [2.75, 3.05) is 21.3 Å². The lowest BCUT2D eigenvalue weighted by atomic mass is 9.93. The molecule has 0 aliphatic carbocycles. The van der Waals surface area contributed by atoms with Crippen molar-refractivity contribution in [2.45, 2.75) is 6.92 Å². The van der Waals surface area contributed by atoms with Crippen molar-refractivity contribution in [3.8, 4) is 0 Å². The van der Waals surface area contributed by atoms with E-state index in [9.17, 15) is 9.59 Å². The zero-order chi connectivity index (χ0) is 12.0. The zero-order valence-corrected chi connectivity index (χ0v) is 9.52. The first-order valence-electron chi connectivity index (χ1n) is 4.51. The third-order valence-electron chi connectivity index (χ3n) is 2.20. The summed E-state index contributed by atoms with van der Waals surface area (Å²) in [5.74, 6) is -2.24. The predicted octanol–water partition coefficient (Wildman–Crippen LogP) is 0.617. The van der Waals surface area contributed by atoms with E-state index in [1.165, 1.54) is 27.3 Å². The molecule has 1 unspecified atom stereocenters. The lowest BCUT2D eigenvalue weighted by Crippen LogP contribution is -2.39. The van der Waals surface area contributed by atoms with Crippen LogP contribution in [0.3, 0.4) is 0 Å². The van der Waals surface area contributed by atoms with Crippen molar-refractivity contribution in [3.63, 3.8) is 0 Å². The van der Waals surface area contributed by atoms with E-state index < -0.39 is 17.8 Å². The number of nitrogens with zero attached hydrogens (tertiary/aromatic N) is 1. The fourth-order valence-electron chi connectivity index (χ4n) is 1.09. The normalized spacial score (nSPS) is 13.9.